The molecule has 0 aromatic carbocycles. The first-order chi connectivity index (χ1) is 11.8. The number of fused-ring (bicyclic) bond motifs is 1. The first-order valence-corrected chi connectivity index (χ1v) is 8.97. The second-order valence-corrected chi connectivity index (χ2v) is 7.81. The minimum atomic E-state index is -0.465. The second-order valence-electron chi connectivity index (χ2n) is 7.37. The van der Waals surface area contributed by atoms with Gasteiger partial charge in [0.2, 0.25) is 0 Å². The van der Waals surface area contributed by atoms with Crippen molar-refractivity contribution in [3.63, 3.8) is 0 Å². The highest BCUT2D eigenvalue weighted by molar-refractivity contribution is 7.80. The maximum absolute atomic E-state index is 12.2. The van der Waals surface area contributed by atoms with Crippen molar-refractivity contribution in [2.45, 2.75) is 39.2 Å². The van der Waals surface area contributed by atoms with E-state index in [0.717, 1.165) is 34.3 Å². The van der Waals surface area contributed by atoms with Crippen molar-refractivity contribution in [1.29, 1.82) is 0 Å². The topological polar surface area (TPSA) is 55.3 Å². The lowest BCUT2D eigenvalue weighted by atomic mass is 9.91. The fourth-order valence-electron chi connectivity index (χ4n) is 2.96. The Kier molecular flexibility index (Phi) is 4.99. The summed E-state index contributed by atoms with van der Waals surface area (Å²) in [4.78, 5) is 23.6. The number of thiocarbonyl (C=S) groups is 1. The van der Waals surface area contributed by atoms with Crippen LogP contribution in [0.3, 0.4) is 0 Å². The molecule has 2 aromatic heterocycles. The summed E-state index contributed by atoms with van der Waals surface area (Å²) in [6.45, 7) is 6.98. The van der Waals surface area contributed by atoms with Crippen molar-refractivity contribution in [2.75, 3.05) is 13.1 Å². The van der Waals surface area contributed by atoms with Crippen molar-refractivity contribution in [1.82, 2.24) is 14.9 Å². The van der Waals surface area contributed by atoms with Crippen molar-refractivity contribution < 1.29 is 9.53 Å². The van der Waals surface area contributed by atoms with E-state index >= 15 is 0 Å². The van der Waals surface area contributed by atoms with Gasteiger partial charge in [-0.1, -0.05) is 12.2 Å². The van der Waals surface area contributed by atoms with Crippen LogP contribution in [0.1, 0.15) is 39.3 Å². The van der Waals surface area contributed by atoms with Gasteiger partial charge in [-0.25, -0.2) is 9.78 Å². The molecule has 1 aliphatic heterocycles. The zero-order valence-electron chi connectivity index (χ0n) is 14.9. The number of amides is 1. The minimum absolute atomic E-state index is 0.242. The Bertz CT molecular complexity index is 793. The van der Waals surface area contributed by atoms with Gasteiger partial charge >= 0.3 is 6.09 Å². The average Bonchev–Trinajstić information content (AvgIpc) is 2.59. The Labute approximate surface area is 153 Å². The quantitative estimate of drug-likeness (QED) is 0.601. The molecule has 1 saturated heterocycles. The summed E-state index contributed by atoms with van der Waals surface area (Å²) in [5.74, 6) is 0.264. The number of likely N-dealkylation sites (tertiary alicyclic amines) is 1. The molecule has 25 heavy (non-hydrogen) atoms. The summed E-state index contributed by atoms with van der Waals surface area (Å²) >= 11 is 5.68. The number of carbonyl (C=O) groups excluding carboxylic acids is 1. The molecule has 3 rings (SSSR count). The van der Waals surface area contributed by atoms with Crippen LogP contribution >= 0.6 is 12.2 Å². The largest absolute Gasteiger partial charge is 0.444 e. The van der Waals surface area contributed by atoms with Gasteiger partial charge in [0.15, 0.2) is 0 Å². The maximum Gasteiger partial charge on any atom is 0.410 e. The van der Waals surface area contributed by atoms with Gasteiger partial charge in [-0.05, 0) is 57.7 Å². The number of aromatic nitrogens is 2. The third kappa shape index (κ3) is 4.31. The molecule has 0 spiro atoms. The van der Waals surface area contributed by atoms with Crippen molar-refractivity contribution in [2.24, 2.45) is 5.92 Å². The predicted octanol–water partition coefficient (Wildman–Crippen LogP) is 3.99. The van der Waals surface area contributed by atoms with E-state index in [1.165, 1.54) is 0 Å². The lowest BCUT2D eigenvalue weighted by Gasteiger charge is -2.33. The monoisotopic (exact) mass is 357 g/mol. The number of rotatable bonds is 2. The normalized spacial score (nSPS) is 16.0. The van der Waals surface area contributed by atoms with Gasteiger partial charge in [0.05, 0.1) is 11.2 Å². The lowest BCUT2D eigenvalue weighted by Crippen LogP contribution is -2.42. The van der Waals surface area contributed by atoms with Crippen LogP contribution in [0, 0.1) is 5.92 Å². The number of piperidine rings is 1. The first kappa shape index (κ1) is 17.7. The summed E-state index contributed by atoms with van der Waals surface area (Å²) in [5.41, 5.74) is 1.29. The van der Waals surface area contributed by atoms with Gasteiger partial charge in [0.25, 0.3) is 0 Å². The Balaban J connectivity index is 1.63. The fourth-order valence-corrected chi connectivity index (χ4v) is 3.31. The van der Waals surface area contributed by atoms with E-state index in [1.54, 1.807) is 17.3 Å². The summed E-state index contributed by atoms with van der Waals surface area (Å²) in [6.07, 6.45) is 4.98. The van der Waals surface area contributed by atoms with E-state index in [0.29, 0.717) is 13.1 Å². The van der Waals surface area contributed by atoms with E-state index in [1.807, 2.05) is 39.0 Å². The summed E-state index contributed by atoms with van der Waals surface area (Å²) < 4.78 is 5.44. The molecule has 0 atom stereocenters. The molecule has 0 saturated carbocycles. The average molecular weight is 357 g/mol. The molecule has 0 bridgehead atoms. The second kappa shape index (κ2) is 7.04. The predicted molar refractivity (Wildman–Crippen MR) is 102 cm³/mol. The van der Waals surface area contributed by atoms with E-state index in [4.69, 9.17) is 17.0 Å². The molecule has 2 aromatic rings. The summed E-state index contributed by atoms with van der Waals surface area (Å²) in [5, 5.41) is 1.01. The molecule has 0 N–H and O–H groups in total. The van der Waals surface area contributed by atoms with Crippen LogP contribution in [-0.4, -0.2) is 44.5 Å². The number of hydrogen-bond donors (Lipinski definition) is 0. The number of nitrogens with zero attached hydrogens (tertiary/aromatic N) is 3. The molecule has 6 heteroatoms. The Morgan fingerprint density at radius 1 is 1.24 bits per heavy atom. The van der Waals surface area contributed by atoms with Crippen molar-refractivity contribution in [3.8, 4) is 0 Å². The van der Waals surface area contributed by atoms with Gasteiger partial charge < -0.3 is 9.64 Å². The zero-order chi connectivity index (χ0) is 18.0. The Morgan fingerprint density at radius 3 is 2.64 bits per heavy atom. The van der Waals surface area contributed by atoms with Gasteiger partial charge in [0.1, 0.15) is 5.60 Å². The standard InChI is InChI=1S/C19H23N3O2S/c1-19(2,3)24-18(23)22-10-7-13(8-11-22)17(25)16-5-4-14-12-20-9-6-15(14)21-16/h4-6,9,12-13H,7-8,10-11H2,1-3H3. The third-order valence-electron chi connectivity index (χ3n) is 4.26. The summed E-state index contributed by atoms with van der Waals surface area (Å²) in [7, 11) is 0. The van der Waals surface area contributed by atoms with E-state index < -0.39 is 5.60 Å². The molecule has 3 heterocycles. The van der Waals surface area contributed by atoms with Crippen LogP contribution in [-0.2, 0) is 4.74 Å². The summed E-state index contributed by atoms with van der Waals surface area (Å²) in [6, 6.07) is 5.87. The van der Waals surface area contributed by atoms with Gasteiger partial charge in [0, 0.05) is 35.7 Å². The molecular formula is C19H23N3O2S. The number of ether oxygens (including phenoxy) is 1. The Morgan fingerprint density at radius 2 is 1.96 bits per heavy atom. The van der Waals surface area contributed by atoms with E-state index in [-0.39, 0.29) is 12.0 Å². The van der Waals surface area contributed by atoms with Gasteiger partial charge in [-0.3, -0.25) is 4.98 Å². The number of hydrogen-bond acceptors (Lipinski definition) is 5. The van der Waals surface area contributed by atoms with E-state index in [2.05, 4.69) is 9.97 Å². The molecule has 5 nitrogen and oxygen atoms in total. The minimum Gasteiger partial charge on any atom is -0.444 e. The van der Waals surface area contributed by atoms with Gasteiger partial charge in [-0.15, -0.1) is 0 Å². The molecule has 1 amide bonds. The smallest absolute Gasteiger partial charge is 0.410 e. The van der Waals surface area contributed by atoms with Crippen LogP contribution < -0.4 is 0 Å². The molecule has 0 aliphatic carbocycles. The highest BCUT2D eigenvalue weighted by Gasteiger charge is 2.29. The van der Waals surface area contributed by atoms with Crippen LogP contribution in [0.4, 0.5) is 4.79 Å². The molecule has 132 valence electrons. The highest BCUT2D eigenvalue weighted by Crippen LogP contribution is 2.24. The third-order valence-corrected chi connectivity index (χ3v) is 4.80. The van der Waals surface area contributed by atoms with Gasteiger partial charge in [-0.2, -0.15) is 0 Å². The maximum atomic E-state index is 12.2. The van der Waals surface area contributed by atoms with Crippen LogP contribution in [0.15, 0.2) is 30.6 Å². The Hall–Kier alpha value is -2.08. The molecular weight excluding hydrogens is 334 g/mol. The zero-order valence-corrected chi connectivity index (χ0v) is 15.7. The molecule has 1 aliphatic rings. The van der Waals surface area contributed by atoms with Crippen LogP contribution in [0.25, 0.3) is 10.9 Å². The van der Waals surface area contributed by atoms with E-state index in [9.17, 15) is 4.79 Å². The van der Waals surface area contributed by atoms with Crippen molar-refractivity contribution >= 4 is 34.1 Å². The van der Waals surface area contributed by atoms with Crippen LogP contribution in [0.5, 0.6) is 0 Å². The SMILES string of the molecule is CC(C)(C)OC(=O)N1CCC(C(=S)c2ccc3cnccc3n2)CC1. The fraction of sp³-hybridized carbons (Fsp3) is 0.474. The lowest BCUT2D eigenvalue weighted by molar-refractivity contribution is 0.0202. The number of pyridine rings is 2. The molecule has 0 radical (unpaired) electrons. The molecule has 1 fully saturated rings. The van der Waals surface area contributed by atoms with Crippen molar-refractivity contribution in [3.05, 3.63) is 36.3 Å². The number of carbonyl (C=O) groups is 1. The van der Waals surface area contributed by atoms with Crippen LogP contribution in [0.2, 0.25) is 0 Å². The molecule has 0 unspecified atom stereocenters. The highest BCUT2D eigenvalue weighted by atomic mass is 32.1. The first-order valence-electron chi connectivity index (χ1n) is 8.56.